The molecule has 25 heavy (non-hydrogen) atoms. The molecule has 1 fully saturated rings. The Labute approximate surface area is 142 Å². The lowest BCUT2D eigenvalue weighted by Gasteiger charge is -2.23. The fraction of sp³-hybridized carbons (Fsp3) is 0.353. The van der Waals surface area contributed by atoms with Crippen molar-refractivity contribution >= 4 is 5.78 Å². The van der Waals surface area contributed by atoms with Gasteiger partial charge in [0.25, 0.3) is 0 Å². The molecule has 5 nitrogen and oxygen atoms in total. The molecule has 0 bridgehead atoms. The van der Waals surface area contributed by atoms with E-state index in [4.69, 9.17) is 4.74 Å². The molecule has 2 aromatic heterocycles. The van der Waals surface area contributed by atoms with Crippen molar-refractivity contribution in [3.63, 3.8) is 0 Å². The van der Waals surface area contributed by atoms with E-state index in [1.54, 1.807) is 18.3 Å². The Bertz CT molecular complexity index is 742. The van der Waals surface area contributed by atoms with E-state index in [0.29, 0.717) is 18.7 Å². The van der Waals surface area contributed by atoms with Crippen molar-refractivity contribution in [3.8, 4) is 0 Å². The van der Waals surface area contributed by atoms with Crippen molar-refractivity contribution in [1.29, 1.82) is 0 Å². The molecule has 8 heteroatoms. The van der Waals surface area contributed by atoms with E-state index in [9.17, 15) is 18.0 Å². The van der Waals surface area contributed by atoms with Gasteiger partial charge in [-0.05, 0) is 23.8 Å². The maximum Gasteiger partial charge on any atom is 0.433 e. The largest absolute Gasteiger partial charge is 0.433 e. The topological polar surface area (TPSA) is 64.1 Å². The molecule has 3 rings (SSSR count). The highest BCUT2D eigenvalue weighted by molar-refractivity contribution is 5.97. The molecule has 0 amide bonds. The summed E-state index contributed by atoms with van der Waals surface area (Å²) in [4.78, 5) is 19.8. The molecule has 1 aliphatic rings. The van der Waals surface area contributed by atoms with Gasteiger partial charge < -0.3 is 10.1 Å². The lowest BCUT2D eigenvalue weighted by atomic mass is 10.0. The zero-order valence-corrected chi connectivity index (χ0v) is 13.2. The molecule has 132 valence electrons. The summed E-state index contributed by atoms with van der Waals surface area (Å²) in [7, 11) is 0. The second-order valence-electron chi connectivity index (χ2n) is 5.68. The highest BCUT2D eigenvalue weighted by Gasteiger charge is 2.32. The lowest BCUT2D eigenvalue weighted by Crippen LogP contribution is -2.33. The van der Waals surface area contributed by atoms with E-state index < -0.39 is 17.7 Å². The van der Waals surface area contributed by atoms with E-state index in [1.807, 2.05) is 0 Å². The Hall–Kier alpha value is -2.32. The molecule has 0 saturated carbocycles. The summed E-state index contributed by atoms with van der Waals surface area (Å²) >= 11 is 0. The van der Waals surface area contributed by atoms with E-state index in [0.717, 1.165) is 24.5 Å². The van der Waals surface area contributed by atoms with Crippen LogP contribution in [0.2, 0.25) is 0 Å². The maximum atomic E-state index is 12.7. The van der Waals surface area contributed by atoms with Gasteiger partial charge in [0.2, 0.25) is 0 Å². The average Bonchev–Trinajstić information content (AvgIpc) is 2.62. The number of rotatable bonds is 4. The number of nitrogens with one attached hydrogen (secondary N) is 1. The number of carbonyl (C=O) groups is 1. The fourth-order valence-electron chi connectivity index (χ4n) is 2.53. The monoisotopic (exact) mass is 351 g/mol. The first-order valence-corrected chi connectivity index (χ1v) is 7.77. The van der Waals surface area contributed by atoms with Crippen molar-refractivity contribution in [3.05, 3.63) is 59.2 Å². The fourth-order valence-corrected chi connectivity index (χ4v) is 2.53. The minimum absolute atomic E-state index is 0.0220. The van der Waals surface area contributed by atoms with Crippen LogP contribution in [0.3, 0.4) is 0 Å². The highest BCUT2D eigenvalue weighted by atomic mass is 19.4. The van der Waals surface area contributed by atoms with Gasteiger partial charge in [-0.25, -0.2) is 0 Å². The van der Waals surface area contributed by atoms with Gasteiger partial charge in [0.15, 0.2) is 5.78 Å². The Kier molecular flexibility index (Phi) is 5.10. The molecule has 0 unspecified atom stereocenters. The van der Waals surface area contributed by atoms with E-state index in [1.165, 1.54) is 6.07 Å². The average molecular weight is 351 g/mol. The van der Waals surface area contributed by atoms with E-state index in [2.05, 4.69) is 15.3 Å². The molecule has 0 spiro atoms. The standard InChI is InChI=1S/C17H16F3N3O2/c18-17(19,20)16-8-12(3-4-22-16)14(24)7-11-1-2-13(23-9-11)15-10-21-5-6-25-15/h1-4,8-9,15,21H,5-7,10H2/t15-/m0/s1. The third kappa shape index (κ3) is 4.40. The van der Waals surface area contributed by atoms with Gasteiger partial charge in [-0.1, -0.05) is 6.07 Å². The third-order valence-electron chi connectivity index (χ3n) is 3.84. The zero-order valence-electron chi connectivity index (χ0n) is 13.2. The Morgan fingerprint density at radius 2 is 2.12 bits per heavy atom. The predicted molar refractivity (Wildman–Crippen MR) is 83.1 cm³/mol. The van der Waals surface area contributed by atoms with Crippen molar-refractivity contribution in [2.45, 2.75) is 18.7 Å². The summed E-state index contributed by atoms with van der Waals surface area (Å²) in [5, 5.41) is 3.20. The van der Waals surface area contributed by atoms with Gasteiger partial charge in [0.05, 0.1) is 12.3 Å². The number of hydrogen-bond donors (Lipinski definition) is 1. The van der Waals surface area contributed by atoms with Crippen molar-refractivity contribution in [1.82, 2.24) is 15.3 Å². The number of alkyl halides is 3. The zero-order chi connectivity index (χ0) is 17.9. The van der Waals surface area contributed by atoms with Crippen LogP contribution in [0.25, 0.3) is 0 Å². The van der Waals surface area contributed by atoms with Crippen LogP contribution in [0.5, 0.6) is 0 Å². The quantitative estimate of drug-likeness (QED) is 0.858. The summed E-state index contributed by atoms with van der Waals surface area (Å²) in [5.74, 6) is -0.418. The van der Waals surface area contributed by atoms with Crippen LogP contribution < -0.4 is 5.32 Å². The highest BCUT2D eigenvalue weighted by Crippen LogP contribution is 2.28. The molecule has 3 heterocycles. The number of nitrogens with zero attached hydrogens (tertiary/aromatic N) is 2. The van der Waals surface area contributed by atoms with Crippen LogP contribution in [0, 0.1) is 0 Å². The molecular weight excluding hydrogens is 335 g/mol. The molecule has 2 aromatic rings. The first kappa shape index (κ1) is 17.5. The molecule has 1 N–H and O–H groups in total. The molecule has 0 aromatic carbocycles. The summed E-state index contributed by atoms with van der Waals surface area (Å²) in [6.45, 7) is 2.08. The van der Waals surface area contributed by atoms with Crippen molar-refractivity contribution in [2.75, 3.05) is 19.7 Å². The van der Waals surface area contributed by atoms with E-state index >= 15 is 0 Å². The van der Waals surface area contributed by atoms with Crippen molar-refractivity contribution in [2.24, 2.45) is 0 Å². The number of pyridine rings is 2. The molecule has 1 saturated heterocycles. The first-order chi connectivity index (χ1) is 11.9. The number of hydrogen-bond acceptors (Lipinski definition) is 5. The number of ether oxygens (including phenoxy) is 1. The molecular formula is C17H16F3N3O2. The van der Waals surface area contributed by atoms with Gasteiger partial charge in [-0.15, -0.1) is 0 Å². The van der Waals surface area contributed by atoms with Crippen molar-refractivity contribution < 1.29 is 22.7 Å². The van der Waals surface area contributed by atoms with Gasteiger partial charge in [-0.2, -0.15) is 13.2 Å². The number of morpholine rings is 1. The Balaban J connectivity index is 1.68. The molecule has 1 atom stereocenters. The summed E-state index contributed by atoms with van der Waals surface area (Å²) in [5.41, 5.74) is 0.287. The summed E-state index contributed by atoms with van der Waals surface area (Å²) in [6, 6.07) is 5.56. The predicted octanol–water partition coefficient (Wildman–Crippen LogP) is 2.58. The van der Waals surface area contributed by atoms with Gasteiger partial charge in [0, 0.05) is 37.5 Å². The van der Waals surface area contributed by atoms with Gasteiger partial charge in [0.1, 0.15) is 11.8 Å². The van der Waals surface area contributed by atoms with Gasteiger partial charge >= 0.3 is 6.18 Å². The minimum atomic E-state index is -4.58. The number of halogens is 3. The second kappa shape index (κ2) is 7.28. The normalized spacial score (nSPS) is 18.1. The lowest BCUT2D eigenvalue weighted by molar-refractivity contribution is -0.141. The summed E-state index contributed by atoms with van der Waals surface area (Å²) in [6.07, 6.45) is -2.19. The maximum absolute atomic E-state index is 12.7. The van der Waals surface area contributed by atoms with Crippen LogP contribution in [0.4, 0.5) is 13.2 Å². The second-order valence-corrected chi connectivity index (χ2v) is 5.68. The third-order valence-corrected chi connectivity index (χ3v) is 3.84. The van der Waals surface area contributed by atoms with Crippen LogP contribution in [-0.4, -0.2) is 35.4 Å². The van der Waals surface area contributed by atoms with Crippen LogP contribution >= 0.6 is 0 Å². The van der Waals surface area contributed by atoms with Gasteiger partial charge in [-0.3, -0.25) is 14.8 Å². The Morgan fingerprint density at radius 3 is 2.76 bits per heavy atom. The Morgan fingerprint density at radius 1 is 1.28 bits per heavy atom. The smallest absolute Gasteiger partial charge is 0.369 e. The first-order valence-electron chi connectivity index (χ1n) is 7.77. The molecule has 0 radical (unpaired) electrons. The van der Waals surface area contributed by atoms with Crippen LogP contribution in [0.15, 0.2) is 36.7 Å². The van der Waals surface area contributed by atoms with E-state index in [-0.39, 0.29) is 18.1 Å². The number of aromatic nitrogens is 2. The number of Topliss-reactive ketones (excluding diaryl/α,β-unsaturated/α-hetero) is 1. The van der Waals surface area contributed by atoms with Crippen LogP contribution in [-0.2, 0) is 17.3 Å². The SMILES string of the molecule is O=C(Cc1ccc([C@@H]2CNCCO2)nc1)c1ccnc(C(F)(F)F)c1. The molecule has 0 aliphatic carbocycles. The minimum Gasteiger partial charge on any atom is -0.369 e. The molecule has 1 aliphatic heterocycles. The van der Waals surface area contributed by atoms with Crippen LogP contribution in [0.1, 0.15) is 33.4 Å². The number of carbonyl (C=O) groups excluding carboxylic acids is 1. The summed E-state index contributed by atoms with van der Waals surface area (Å²) < 4.78 is 43.6. The number of ketones is 1.